The van der Waals surface area contributed by atoms with Gasteiger partial charge < -0.3 is 19.2 Å². The molecule has 0 radical (unpaired) electrons. The predicted molar refractivity (Wildman–Crippen MR) is 97.2 cm³/mol. The van der Waals surface area contributed by atoms with Gasteiger partial charge in [0.05, 0.1) is 32.2 Å². The van der Waals surface area contributed by atoms with Crippen LogP contribution >= 0.6 is 12.2 Å². The van der Waals surface area contributed by atoms with Crippen molar-refractivity contribution < 1.29 is 13.9 Å². The van der Waals surface area contributed by atoms with E-state index >= 15 is 0 Å². The van der Waals surface area contributed by atoms with E-state index in [2.05, 4.69) is 15.8 Å². The number of methoxy groups -OCH3 is 2. The van der Waals surface area contributed by atoms with E-state index in [4.69, 9.17) is 26.1 Å². The molecule has 0 aliphatic carbocycles. The lowest BCUT2D eigenvalue weighted by atomic mass is 10.1. The number of hydrazone groups is 1. The van der Waals surface area contributed by atoms with Crippen LogP contribution in [0.2, 0.25) is 0 Å². The van der Waals surface area contributed by atoms with Gasteiger partial charge in [0.15, 0.2) is 5.11 Å². The van der Waals surface area contributed by atoms with Crippen molar-refractivity contribution in [3.05, 3.63) is 53.5 Å². The third-order valence-electron chi connectivity index (χ3n) is 3.33. The summed E-state index contributed by atoms with van der Waals surface area (Å²) in [6.45, 7) is 2.88. The molecule has 0 bridgehead atoms. The fourth-order valence-electron chi connectivity index (χ4n) is 2.09. The minimum Gasteiger partial charge on any atom is -0.496 e. The zero-order valence-electron chi connectivity index (χ0n) is 14.0. The molecule has 0 spiro atoms. The van der Waals surface area contributed by atoms with E-state index in [9.17, 15) is 0 Å². The van der Waals surface area contributed by atoms with E-state index in [1.807, 2.05) is 37.3 Å². The Hall–Kier alpha value is -2.38. The van der Waals surface area contributed by atoms with Crippen molar-refractivity contribution in [2.75, 3.05) is 14.2 Å². The van der Waals surface area contributed by atoms with Crippen molar-refractivity contribution in [2.24, 2.45) is 5.10 Å². The quantitative estimate of drug-likeness (QED) is 0.456. The zero-order valence-corrected chi connectivity index (χ0v) is 14.8. The SMILES string of the molecule is COCc1cc(/C(C)=N\NC(=S)NCc2ccco2)ccc1OC. The number of thiocarbonyl (C=S) groups is 1. The van der Waals surface area contributed by atoms with Gasteiger partial charge >= 0.3 is 0 Å². The molecular formula is C17H21N3O3S. The molecule has 0 atom stereocenters. The summed E-state index contributed by atoms with van der Waals surface area (Å²) in [5, 5.41) is 7.75. The summed E-state index contributed by atoms with van der Waals surface area (Å²) < 4.78 is 15.7. The van der Waals surface area contributed by atoms with Crippen LogP contribution in [0.25, 0.3) is 0 Å². The first-order valence-electron chi connectivity index (χ1n) is 7.40. The fraction of sp³-hybridized carbons (Fsp3) is 0.294. The summed E-state index contributed by atoms with van der Waals surface area (Å²) in [6.07, 6.45) is 1.62. The number of hydrogen-bond donors (Lipinski definition) is 2. The molecule has 0 fully saturated rings. The molecule has 6 nitrogen and oxygen atoms in total. The standard InChI is InChI=1S/C17H21N3O3S/c1-12(13-6-7-16(22-3)14(9-13)11-21-2)19-20-17(24)18-10-15-5-4-8-23-15/h4-9H,10-11H2,1-3H3,(H2,18,20,24)/b19-12-. The maximum absolute atomic E-state index is 5.32. The summed E-state index contributed by atoms with van der Waals surface area (Å²) in [5.74, 6) is 1.59. The van der Waals surface area contributed by atoms with Gasteiger partial charge in [-0.1, -0.05) is 0 Å². The Morgan fingerprint density at radius 1 is 1.29 bits per heavy atom. The van der Waals surface area contributed by atoms with Crippen LogP contribution in [0, 0.1) is 0 Å². The number of ether oxygens (including phenoxy) is 2. The Kier molecular flexibility index (Phi) is 6.77. The Morgan fingerprint density at radius 3 is 2.79 bits per heavy atom. The van der Waals surface area contributed by atoms with Crippen molar-refractivity contribution in [3.8, 4) is 5.75 Å². The normalized spacial score (nSPS) is 11.2. The summed E-state index contributed by atoms with van der Waals surface area (Å²) >= 11 is 5.19. The third-order valence-corrected chi connectivity index (χ3v) is 3.56. The first-order valence-corrected chi connectivity index (χ1v) is 7.81. The first kappa shape index (κ1) is 18.0. The van der Waals surface area contributed by atoms with Crippen LogP contribution in [-0.2, 0) is 17.9 Å². The second-order valence-corrected chi connectivity index (χ2v) is 5.44. The van der Waals surface area contributed by atoms with E-state index in [1.165, 1.54) is 0 Å². The van der Waals surface area contributed by atoms with E-state index < -0.39 is 0 Å². The largest absolute Gasteiger partial charge is 0.496 e. The van der Waals surface area contributed by atoms with Crippen LogP contribution in [0.5, 0.6) is 5.75 Å². The maximum Gasteiger partial charge on any atom is 0.187 e. The molecule has 2 N–H and O–H groups in total. The molecule has 0 saturated heterocycles. The Morgan fingerprint density at radius 2 is 2.12 bits per heavy atom. The van der Waals surface area contributed by atoms with Crippen molar-refractivity contribution >= 4 is 23.0 Å². The van der Waals surface area contributed by atoms with Gasteiger partial charge in [-0.2, -0.15) is 5.10 Å². The molecule has 0 unspecified atom stereocenters. The average molecular weight is 347 g/mol. The number of benzene rings is 1. The first-order chi connectivity index (χ1) is 11.6. The van der Waals surface area contributed by atoms with Crippen LogP contribution in [-0.4, -0.2) is 25.0 Å². The van der Waals surface area contributed by atoms with Crippen molar-refractivity contribution in [1.82, 2.24) is 10.7 Å². The minimum atomic E-state index is 0.427. The van der Waals surface area contributed by atoms with E-state index in [1.54, 1.807) is 20.5 Å². The molecule has 0 saturated carbocycles. The minimum absolute atomic E-state index is 0.427. The number of furan rings is 1. The van der Waals surface area contributed by atoms with Gasteiger partial charge in [-0.05, 0) is 55.0 Å². The molecule has 1 aromatic heterocycles. The van der Waals surface area contributed by atoms with Crippen LogP contribution < -0.4 is 15.5 Å². The molecule has 0 aliphatic rings. The van der Waals surface area contributed by atoms with Crippen LogP contribution in [0.4, 0.5) is 0 Å². The van der Waals surface area contributed by atoms with Crippen LogP contribution in [0.1, 0.15) is 23.8 Å². The van der Waals surface area contributed by atoms with Crippen LogP contribution in [0.15, 0.2) is 46.1 Å². The van der Waals surface area contributed by atoms with Crippen molar-refractivity contribution in [2.45, 2.75) is 20.1 Å². The van der Waals surface area contributed by atoms with Gasteiger partial charge in [0.25, 0.3) is 0 Å². The lowest BCUT2D eigenvalue weighted by Gasteiger charge is -2.11. The Labute approximate surface area is 146 Å². The molecule has 1 heterocycles. The smallest absolute Gasteiger partial charge is 0.187 e. The van der Waals surface area contributed by atoms with Gasteiger partial charge in [-0.25, -0.2) is 0 Å². The van der Waals surface area contributed by atoms with Crippen LogP contribution in [0.3, 0.4) is 0 Å². The van der Waals surface area contributed by atoms with Gasteiger partial charge in [0.1, 0.15) is 11.5 Å². The highest BCUT2D eigenvalue weighted by molar-refractivity contribution is 7.80. The average Bonchev–Trinajstić information content (AvgIpc) is 3.11. The summed E-state index contributed by atoms with van der Waals surface area (Å²) in [6, 6.07) is 9.53. The summed E-state index contributed by atoms with van der Waals surface area (Å²) in [4.78, 5) is 0. The van der Waals surface area contributed by atoms with Crippen molar-refractivity contribution in [3.63, 3.8) is 0 Å². The second-order valence-electron chi connectivity index (χ2n) is 5.03. The number of nitrogens with zero attached hydrogens (tertiary/aromatic N) is 1. The number of rotatable bonds is 7. The molecule has 1 aromatic carbocycles. The lowest BCUT2D eigenvalue weighted by molar-refractivity contribution is 0.181. The van der Waals surface area contributed by atoms with Crippen molar-refractivity contribution in [1.29, 1.82) is 0 Å². The third kappa shape index (κ3) is 5.07. The summed E-state index contributed by atoms with van der Waals surface area (Å²) in [5.41, 5.74) is 5.56. The molecule has 128 valence electrons. The monoisotopic (exact) mass is 347 g/mol. The fourth-order valence-corrected chi connectivity index (χ4v) is 2.21. The molecule has 0 aliphatic heterocycles. The number of nitrogens with one attached hydrogen (secondary N) is 2. The predicted octanol–water partition coefficient (Wildman–Crippen LogP) is 2.82. The van der Waals surface area contributed by atoms with Gasteiger partial charge in [0, 0.05) is 12.7 Å². The maximum atomic E-state index is 5.32. The van der Waals surface area contributed by atoms with E-state index in [-0.39, 0.29) is 0 Å². The molecule has 2 aromatic rings. The molecule has 2 rings (SSSR count). The topological polar surface area (TPSA) is 68.0 Å². The van der Waals surface area contributed by atoms with E-state index in [0.717, 1.165) is 28.3 Å². The molecular weight excluding hydrogens is 326 g/mol. The van der Waals surface area contributed by atoms with Gasteiger partial charge in [-0.15, -0.1) is 0 Å². The van der Waals surface area contributed by atoms with Gasteiger partial charge in [0.2, 0.25) is 0 Å². The highest BCUT2D eigenvalue weighted by Gasteiger charge is 2.06. The Balaban J connectivity index is 1.96. The highest BCUT2D eigenvalue weighted by atomic mass is 32.1. The molecule has 7 heteroatoms. The Bertz CT molecular complexity index is 699. The summed E-state index contributed by atoms with van der Waals surface area (Å²) in [7, 11) is 3.29. The lowest BCUT2D eigenvalue weighted by Crippen LogP contribution is -2.32. The zero-order chi connectivity index (χ0) is 17.4. The molecule has 0 amide bonds. The van der Waals surface area contributed by atoms with Gasteiger partial charge in [-0.3, -0.25) is 5.43 Å². The number of hydrogen-bond acceptors (Lipinski definition) is 5. The van der Waals surface area contributed by atoms with E-state index in [0.29, 0.717) is 18.3 Å². The molecule has 24 heavy (non-hydrogen) atoms. The highest BCUT2D eigenvalue weighted by Crippen LogP contribution is 2.21. The second kappa shape index (κ2) is 9.05.